The molecule has 0 atom stereocenters. The number of aryl methyl sites for hydroxylation is 1. The van der Waals surface area contributed by atoms with Crippen molar-refractivity contribution >= 4 is 11.9 Å². The van der Waals surface area contributed by atoms with E-state index in [1.54, 1.807) is 6.20 Å². The van der Waals surface area contributed by atoms with E-state index in [1.165, 1.54) is 4.90 Å². The van der Waals surface area contributed by atoms with Crippen molar-refractivity contribution < 1.29 is 9.59 Å². The van der Waals surface area contributed by atoms with Gasteiger partial charge in [-0.15, -0.1) is 0 Å². The molecule has 1 aromatic carbocycles. The third kappa shape index (κ3) is 4.70. The molecule has 0 unspecified atom stereocenters. The van der Waals surface area contributed by atoms with Gasteiger partial charge in [0, 0.05) is 45.1 Å². The molecule has 0 bridgehead atoms. The van der Waals surface area contributed by atoms with Gasteiger partial charge in [-0.2, -0.15) is 0 Å². The summed E-state index contributed by atoms with van der Waals surface area (Å²) in [5, 5.41) is 0. The van der Waals surface area contributed by atoms with Crippen molar-refractivity contribution in [2.45, 2.75) is 51.6 Å². The lowest BCUT2D eigenvalue weighted by Crippen LogP contribution is -2.56. The first-order chi connectivity index (χ1) is 15.5. The number of rotatable bonds is 8. The van der Waals surface area contributed by atoms with E-state index in [0.717, 1.165) is 43.6 Å². The van der Waals surface area contributed by atoms with Crippen molar-refractivity contribution in [2.24, 2.45) is 5.92 Å². The van der Waals surface area contributed by atoms with Gasteiger partial charge in [0.25, 0.3) is 5.91 Å². The highest BCUT2D eigenvalue weighted by molar-refractivity contribution is 6.07. The second-order valence-corrected chi connectivity index (χ2v) is 9.50. The fraction of sp³-hybridized carbons (Fsp3) is 0.500. The monoisotopic (exact) mass is 434 g/mol. The van der Waals surface area contributed by atoms with Crippen LogP contribution in [0.1, 0.15) is 44.2 Å². The number of benzene rings is 1. The molecule has 0 aliphatic carbocycles. The van der Waals surface area contributed by atoms with Gasteiger partial charge in [0.1, 0.15) is 5.54 Å². The predicted molar refractivity (Wildman–Crippen MR) is 125 cm³/mol. The molecule has 2 aliphatic heterocycles. The maximum absolute atomic E-state index is 13.7. The highest BCUT2D eigenvalue weighted by Crippen LogP contribution is 2.38. The summed E-state index contributed by atoms with van der Waals surface area (Å²) in [6.45, 7) is 8.12. The Hall–Kier alpha value is -2.73. The zero-order valence-corrected chi connectivity index (χ0v) is 19.2. The van der Waals surface area contributed by atoms with E-state index < -0.39 is 5.54 Å². The van der Waals surface area contributed by atoms with Crippen LogP contribution >= 0.6 is 0 Å². The summed E-state index contributed by atoms with van der Waals surface area (Å²) >= 11 is 0. The van der Waals surface area contributed by atoms with Crippen molar-refractivity contribution in [3.63, 3.8) is 0 Å². The van der Waals surface area contributed by atoms with E-state index in [2.05, 4.69) is 23.7 Å². The fourth-order valence-electron chi connectivity index (χ4n) is 5.06. The van der Waals surface area contributed by atoms with E-state index in [0.29, 0.717) is 31.8 Å². The molecule has 3 heterocycles. The highest BCUT2D eigenvalue weighted by Gasteiger charge is 2.57. The standard InChI is InChI=1S/C26H34N4O2/c1-21(2)19-28-16-12-26(13-17-28)24(31)29(15-7-11-22-10-6-14-27-18-22)25(32)30(26)20-23-8-4-3-5-9-23/h3-6,8-10,14,18,21H,7,11-13,15-17,19-20H2,1-2H3. The van der Waals surface area contributed by atoms with Gasteiger partial charge < -0.3 is 9.80 Å². The molecule has 2 aliphatic rings. The number of piperidine rings is 1. The fourth-order valence-corrected chi connectivity index (χ4v) is 5.06. The summed E-state index contributed by atoms with van der Waals surface area (Å²) < 4.78 is 0. The van der Waals surface area contributed by atoms with E-state index in [1.807, 2.05) is 53.6 Å². The van der Waals surface area contributed by atoms with Gasteiger partial charge in [-0.25, -0.2) is 4.79 Å². The second-order valence-electron chi connectivity index (χ2n) is 9.50. The minimum atomic E-state index is -0.714. The number of pyridine rings is 1. The van der Waals surface area contributed by atoms with Crippen LogP contribution in [0.25, 0.3) is 0 Å². The van der Waals surface area contributed by atoms with Crippen molar-refractivity contribution in [3.8, 4) is 0 Å². The minimum Gasteiger partial charge on any atom is -0.305 e. The Morgan fingerprint density at radius 3 is 2.38 bits per heavy atom. The average Bonchev–Trinajstić information content (AvgIpc) is 2.98. The van der Waals surface area contributed by atoms with Crippen molar-refractivity contribution in [3.05, 3.63) is 66.0 Å². The normalized spacial score (nSPS) is 18.8. The number of hydrogen-bond acceptors (Lipinski definition) is 4. The summed E-state index contributed by atoms with van der Waals surface area (Å²) in [6.07, 6.45) is 6.57. The van der Waals surface area contributed by atoms with Gasteiger partial charge >= 0.3 is 6.03 Å². The molecule has 6 heteroatoms. The van der Waals surface area contributed by atoms with E-state index >= 15 is 0 Å². The summed E-state index contributed by atoms with van der Waals surface area (Å²) in [5.74, 6) is 0.586. The summed E-state index contributed by atoms with van der Waals surface area (Å²) in [7, 11) is 0. The zero-order chi connectivity index (χ0) is 22.6. The molecule has 32 heavy (non-hydrogen) atoms. The van der Waals surface area contributed by atoms with Crippen molar-refractivity contribution in [1.29, 1.82) is 0 Å². The number of carbonyl (C=O) groups excluding carboxylic acids is 2. The topological polar surface area (TPSA) is 56.8 Å². The first-order valence-corrected chi connectivity index (χ1v) is 11.8. The molecule has 1 spiro atoms. The number of amides is 3. The molecule has 0 saturated carbocycles. The molecule has 0 radical (unpaired) electrons. The van der Waals surface area contributed by atoms with Crippen LogP contribution in [0.3, 0.4) is 0 Å². The van der Waals surface area contributed by atoms with Crippen LogP contribution in [0.2, 0.25) is 0 Å². The molecule has 6 nitrogen and oxygen atoms in total. The Balaban J connectivity index is 1.50. The van der Waals surface area contributed by atoms with Gasteiger partial charge in [-0.05, 0) is 48.8 Å². The van der Waals surface area contributed by atoms with Crippen LogP contribution < -0.4 is 0 Å². The van der Waals surface area contributed by atoms with Gasteiger partial charge in [0.15, 0.2) is 0 Å². The summed E-state index contributed by atoms with van der Waals surface area (Å²) in [6, 6.07) is 13.8. The first-order valence-electron chi connectivity index (χ1n) is 11.8. The minimum absolute atomic E-state index is 0.00573. The Morgan fingerprint density at radius 2 is 1.72 bits per heavy atom. The summed E-state index contributed by atoms with van der Waals surface area (Å²) in [5.41, 5.74) is 1.48. The smallest absolute Gasteiger partial charge is 0.305 e. The molecule has 3 amide bonds. The number of carbonyl (C=O) groups is 2. The molecule has 0 N–H and O–H groups in total. The van der Waals surface area contributed by atoms with Gasteiger partial charge in [-0.1, -0.05) is 50.2 Å². The lowest BCUT2D eigenvalue weighted by atomic mass is 9.85. The predicted octanol–water partition coefficient (Wildman–Crippen LogP) is 3.97. The number of aromatic nitrogens is 1. The lowest BCUT2D eigenvalue weighted by molar-refractivity contribution is -0.136. The number of likely N-dealkylation sites (tertiary alicyclic amines) is 1. The van der Waals surface area contributed by atoms with Crippen molar-refractivity contribution in [2.75, 3.05) is 26.2 Å². The number of imide groups is 1. The van der Waals surface area contributed by atoms with Gasteiger partial charge in [0.2, 0.25) is 0 Å². The van der Waals surface area contributed by atoms with Crippen LogP contribution in [0, 0.1) is 5.92 Å². The molecule has 170 valence electrons. The Kier molecular flexibility index (Phi) is 6.89. The van der Waals surface area contributed by atoms with Crippen LogP contribution in [0.4, 0.5) is 4.79 Å². The van der Waals surface area contributed by atoms with Crippen LogP contribution in [-0.4, -0.2) is 63.3 Å². The Morgan fingerprint density at radius 1 is 1.00 bits per heavy atom. The van der Waals surface area contributed by atoms with Crippen LogP contribution in [0.15, 0.2) is 54.9 Å². The molecular weight excluding hydrogens is 400 g/mol. The number of urea groups is 1. The summed E-state index contributed by atoms with van der Waals surface area (Å²) in [4.78, 5) is 37.2. The van der Waals surface area contributed by atoms with Crippen LogP contribution in [0.5, 0.6) is 0 Å². The molecule has 1 aromatic heterocycles. The Bertz CT molecular complexity index is 908. The number of nitrogens with zero attached hydrogens (tertiary/aromatic N) is 4. The molecular formula is C26H34N4O2. The lowest BCUT2D eigenvalue weighted by Gasteiger charge is -2.42. The third-order valence-electron chi connectivity index (χ3n) is 6.68. The van der Waals surface area contributed by atoms with Gasteiger partial charge in [-0.3, -0.25) is 14.7 Å². The quantitative estimate of drug-likeness (QED) is 0.590. The second kappa shape index (κ2) is 9.82. The van der Waals surface area contributed by atoms with Gasteiger partial charge in [0.05, 0.1) is 0 Å². The zero-order valence-electron chi connectivity index (χ0n) is 19.2. The van der Waals surface area contributed by atoms with E-state index in [9.17, 15) is 9.59 Å². The van der Waals surface area contributed by atoms with Crippen molar-refractivity contribution in [1.82, 2.24) is 19.7 Å². The number of hydrogen-bond donors (Lipinski definition) is 0. The third-order valence-corrected chi connectivity index (χ3v) is 6.68. The molecule has 2 saturated heterocycles. The SMILES string of the molecule is CC(C)CN1CCC2(CC1)C(=O)N(CCCc1cccnc1)C(=O)N2Cc1ccccc1. The molecule has 2 fully saturated rings. The maximum atomic E-state index is 13.7. The van der Waals surface area contributed by atoms with E-state index in [-0.39, 0.29) is 11.9 Å². The largest absolute Gasteiger partial charge is 0.327 e. The van der Waals surface area contributed by atoms with E-state index in [4.69, 9.17) is 0 Å². The highest BCUT2D eigenvalue weighted by atomic mass is 16.2. The first kappa shape index (κ1) is 22.5. The average molecular weight is 435 g/mol. The molecule has 4 rings (SSSR count). The molecule has 2 aromatic rings. The Labute approximate surface area is 191 Å². The maximum Gasteiger partial charge on any atom is 0.327 e. The van der Waals surface area contributed by atoms with Crippen LogP contribution in [-0.2, 0) is 17.8 Å².